The van der Waals surface area contributed by atoms with Gasteiger partial charge in [0.1, 0.15) is 0 Å². The van der Waals surface area contributed by atoms with Crippen LogP contribution < -0.4 is 0 Å². The number of fused-ring (bicyclic) bond motifs is 1. The molecule has 0 radical (unpaired) electrons. The van der Waals surface area contributed by atoms with E-state index in [-0.39, 0.29) is 0 Å². The van der Waals surface area contributed by atoms with Crippen LogP contribution in [-0.2, 0) is 5.60 Å². The van der Waals surface area contributed by atoms with Gasteiger partial charge in [-0.3, -0.25) is 4.40 Å². The first-order valence-electron chi connectivity index (χ1n) is 4.25. The molecule has 0 aliphatic carbocycles. The molecular formula is C9H11N3OS. The quantitative estimate of drug-likeness (QED) is 0.695. The molecule has 2 rings (SSSR count). The minimum Gasteiger partial charge on any atom is -0.386 e. The number of pyridine rings is 1. The van der Waals surface area contributed by atoms with Gasteiger partial charge in [-0.05, 0) is 25.5 Å². The van der Waals surface area contributed by atoms with Crippen LogP contribution in [0.4, 0.5) is 0 Å². The van der Waals surface area contributed by atoms with Crippen LogP contribution in [0.15, 0.2) is 23.5 Å². The molecule has 0 amide bonds. The van der Waals surface area contributed by atoms with E-state index in [2.05, 4.69) is 22.8 Å². The fraction of sp³-hybridized carbons (Fsp3) is 0.333. The zero-order valence-corrected chi connectivity index (χ0v) is 8.86. The van der Waals surface area contributed by atoms with Gasteiger partial charge in [0, 0.05) is 6.20 Å². The molecule has 74 valence electrons. The fourth-order valence-corrected chi connectivity index (χ4v) is 1.45. The van der Waals surface area contributed by atoms with Crippen molar-refractivity contribution in [3.8, 4) is 0 Å². The van der Waals surface area contributed by atoms with E-state index in [1.807, 2.05) is 6.07 Å². The second kappa shape index (κ2) is 2.96. The molecule has 0 spiro atoms. The second-order valence-corrected chi connectivity index (χ2v) is 4.10. The summed E-state index contributed by atoms with van der Waals surface area (Å²) in [4.78, 5) is 0. The van der Waals surface area contributed by atoms with Gasteiger partial charge in [-0.15, -0.1) is 22.8 Å². The Morgan fingerprint density at radius 2 is 2.07 bits per heavy atom. The van der Waals surface area contributed by atoms with Crippen LogP contribution in [0, 0.1) is 0 Å². The first-order valence-corrected chi connectivity index (χ1v) is 4.70. The van der Waals surface area contributed by atoms with Gasteiger partial charge >= 0.3 is 0 Å². The maximum absolute atomic E-state index is 9.80. The van der Waals surface area contributed by atoms with Gasteiger partial charge < -0.3 is 5.11 Å². The van der Waals surface area contributed by atoms with Crippen LogP contribution in [0.5, 0.6) is 0 Å². The minimum atomic E-state index is -0.862. The van der Waals surface area contributed by atoms with Gasteiger partial charge in [0.25, 0.3) is 0 Å². The summed E-state index contributed by atoms with van der Waals surface area (Å²) < 4.78 is 1.73. The largest absolute Gasteiger partial charge is 0.386 e. The van der Waals surface area contributed by atoms with E-state index in [4.69, 9.17) is 0 Å². The number of hydrogen-bond donors (Lipinski definition) is 2. The van der Waals surface area contributed by atoms with Gasteiger partial charge in [-0.1, -0.05) is 6.07 Å². The Hall–Kier alpha value is -1.07. The number of aliphatic hydroxyl groups is 1. The summed E-state index contributed by atoms with van der Waals surface area (Å²) in [6.07, 6.45) is 1.79. The highest BCUT2D eigenvalue weighted by Crippen LogP contribution is 2.20. The summed E-state index contributed by atoms with van der Waals surface area (Å²) in [6, 6.07) is 3.64. The molecular weight excluding hydrogens is 198 g/mol. The molecule has 4 nitrogen and oxygen atoms in total. The van der Waals surface area contributed by atoms with Crippen molar-refractivity contribution in [2.24, 2.45) is 0 Å². The lowest BCUT2D eigenvalue weighted by molar-refractivity contribution is 0.0781. The molecule has 5 heteroatoms. The zero-order valence-electron chi connectivity index (χ0n) is 7.97. The SMILES string of the molecule is CC(C)(O)c1ccc2nnc(S)n2c1. The number of hydrogen-bond acceptors (Lipinski definition) is 4. The summed E-state index contributed by atoms with van der Waals surface area (Å²) in [5, 5.41) is 18.0. The predicted octanol–water partition coefficient (Wildman–Crippen LogP) is 1.25. The van der Waals surface area contributed by atoms with Gasteiger partial charge in [-0.25, -0.2) is 0 Å². The molecule has 0 aliphatic heterocycles. The molecule has 0 aliphatic rings. The van der Waals surface area contributed by atoms with Crippen molar-refractivity contribution in [2.75, 3.05) is 0 Å². The molecule has 0 saturated heterocycles. The molecule has 0 fully saturated rings. The van der Waals surface area contributed by atoms with Gasteiger partial charge in [0.05, 0.1) is 5.60 Å². The number of rotatable bonds is 1. The monoisotopic (exact) mass is 209 g/mol. The molecule has 1 N–H and O–H groups in total. The maximum Gasteiger partial charge on any atom is 0.192 e. The molecule has 0 atom stereocenters. The maximum atomic E-state index is 9.80. The van der Waals surface area contributed by atoms with Gasteiger partial charge in [-0.2, -0.15) is 0 Å². The highest BCUT2D eigenvalue weighted by atomic mass is 32.1. The molecule has 0 aromatic carbocycles. The first kappa shape index (κ1) is 9.48. The topological polar surface area (TPSA) is 50.4 Å². The molecule has 2 heterocycles. The number of thiol groups is 1. The Morgan fingerprint density at radius 3 is 2.71 bits per heavy atom. The van der Waals surface area contributed by atoms with Crippen LogP contribution in [-0.4, -0.2) is 19.7 Å². The summed E-state index contributed by atoms with van der Waals surface area (Å²) in [7, 11) is 0. The van der Waals surface area contributed by atoms with Crippen LogP contribution >= 0.6 is 12.6 Å². The van der Waals surface area contributed by atoms with Crippen LogP contribution in [0.2, 0.25) is 0 Å². The van der Waals surface area contributed by atoms with E-state index < -0.39 is 5.60 Å². The molecule has 14 heavy (non-hydrogen) atoms. The minimum absolute atomic E-state index is 0.520. The van der Waals surface area contributed by atoms with E-state index in [9.17, 15) is 5.11 Å². The lowest BCUT2D eigenvalue weighted by Crippen LogP contribution is -2.16. The first-order chi connectivity index (χ1) is 6.48. The van der Waals surface area contributed by atoms with Gasteiger partial charge in [0.2, 0.25) is 0 Å². The van der Waals surface area contributed by atoms with E-state index in [0.717, 1.165) is 11.2 Å². The van der Waals surface area contributed by atoms with Crippen molar-refractivity contribution in [2.45, 2.75) is 24.6 Å². The summed E-state index contributed by atoms with van der Waals surface area (Å²) >= 11 is 4.15. The van der Waals surface area contributed by atoms with Crippen LogP contribution in [0.1, 0.15) is 19.4 Å². The van der Waals surface area contributed by atoms with Crippen molar-refractivity contribution >= 4 is 18.3 Å². The second-order valence-electron chi connectivity index (χ2n) is 3.70. The van der Waals surface area contributed by atoms with Crippen LogP contribution in [0.3, 0.4) is 0 Å². The standard InChI is InChI=1S/C9H11N3OS/c1-9(2,13)6-3-4-7-10-11-8(14)12(7)5-6/h3-5,13H,1-2H3,(H,11,14). The zero-order chi connectivity index (χ0) is 10.3. The van der Waals surface area contributed by atoms with Crippen LogP contribution in [0.25, 0.3) is 5.65 Å². The van der Waals surface area contributed by atoms with Crippen molar-refractivity contribution < 1.29 is 5.11 Å². The molecule has 2 aromatic rings. The summed E-state index contributed by atoms with van der Waals surface area (Å²) in [6.45, 7) is 3.47. The van der Waals surface area contributed by atoms with Gasteiger partial charge in [0.15, 0.2) is 10.8 Å². The highest BCUT2D eigenvalue weighted by molar-refractivity contribution is 7.80. The van der Waals surface area contributed by atoms with Crippen molar-refractivity contribution in [1.82, 2.24) is 14.6 Å². The molecule has 2 aromatic heterocycles. The van der Waals surface area contributed by atoms with E-state index >= 15 is 0 Å². The average Bonchev–Trinajstić information content (AvgIpc) is 2.46. The lowest BCUT2D eigenvalue weighted by Gasteiger charge is -2.17. The Bertz CT molecular complexity index is 472. The van der Waals surface area contributed by atoms with Crippen molar-refractivity contribution in [1.29, 1.82) is 0 Å². The number of nitrogens with zero attached hydrogens (tertiary/aromatic N) is 3. The molecule has 0 unspecified atom stereocenters. The summed E-state index contributed by atoms with van der Waals surface area (Å²) in [5.41, 5.74) is 0.668. The number of aromatic nitrogens is 3. The third-order valence-electron chi connectivity index (χ3n) is 2.09. The third-order valence-corrected chi connectivity index (χ3v) is 2.40. The Morgan fingerprint density at radius 1 is 1.36 bits per heavy atom. The molecule has 0 saturated carbocycles. The lowest BCUT2D eigenvalue weighted by atomic mass is 10.0. The Balaban J connectivity index is 2.66. The Labute approximate surface area is 87.0 Å². The van der Waals surface area contributed by atoms with E-state index in [1.165, 1.54) is 0 Å². The average molecular weight is 209 g/mol. The predicted molar refractivity (Wildman–Crippen MR) is 55.5 cm³/mol. The summed E-state index contributed by atoms with van der Waals surface area (Å²) in [5.74, 6) is 0. The van der Waals surface area contributed by atoms with Crippen molar-refractivity contribution in [3.05, 3.63) is 23.9 Å². The highest BCUT2D eigenvalue weighted by Gasteiger charge is 2.16. The smallest absolute Gasteiger partial charge is 0.192 e. The van der Waals surface area contributed by atoms with E-state index in [1.54, 1.807) is 30.5 Å². The normalized spacial score (nSPS) is 12.3. The Kier molecular flexibility index (Phi) is 2.01. The van der Waals surface area contributed by atoms with E-state index in [0.29, 0.717) is 5.16 Å². The molecule has 0 bridgehead atoms. The third kappa shape index (κ3) is 1.49. The fourth-order valence-electron chi connectivity index (χ4n) is 1.24. The van der Waals surface area contributed by atoms with Crippen molar-refractivity contribution in [3.63, 3.8) is 0 Å².